The summed E-state index contributed by atoms with van der Waals surface area (Å²) in [5.41, 5.74) is 1.63. The van der Waals surface area contributed by atoms with Crippen molar-refractivity contribution in [2.45, 2.75) is 17.7 Å². The number of hydrogen-bond acceptors (Lipinski definition) is 6. The van der Waals surface area contributed by atoms with Crippen molar-refractivity contribution in [3.8, 4) is 0 Å². The molecule has 146 valence electrons. The van der Waals surface area contributed by atoms with Crippen LogP contribution in [-0.2, 0) is 14.8 Å². The zero-order valence-electron chi connectivity index (χ0n) is 14.7. The SMILES string of the molecule is O=C(Nc1ccc(Br)cc1)[C@H]1CCCN(S(=O)(=O)c2cccc3nsnc23)C1. The molecule has 0 bridgehead atoms. The van der Waals surface area contributed by atoms with Gasteiger partial charge in [-0.3, -0.25) is 4.79 Å². The van der Waals surface area contributed by atoms with Crippen molar-refractivity contribution in [1.82, 2.24) is 13.1 Å². The maximum Gasteiger partial charge on any atom is 0.245 e. The molecule has 4 rings (SSSR count). The molecule has 0 spiro atoms. The highest BCUT2D eigenvalue weighted by atomic mass is 79.9. The second-order valence-corrected chi connectivity index (χ2v) is 9.94. The fourth-order valence-corrected chi connectivity index (χ4v) is 5.82. The van der Waals surface area contributed by atoms with Gasteiger partial charge in [-0.1, -0.05) is 22.0 Å². The lowest BCUT2D eigenvalue weighted by molar-refractivity contribution is -0.120. The van der Waals surface area contributed by atoms with Crippen LogP contribution in [0.15, 0.2) is 51.8 Å². The minimum absolute atomic E-state index is 0.146. The van der Waals surface area contributed by atoms with E-state index >= 15 is 0 Å². The van der Waals surface area contributed by atoms with Crippen molar-refractivity contribution < 1.29 is 13.2 Å². The molecule has 1 saturated heterocycles. The predicted molar refractivity (Wildman–Crippen MR) is 112 cm³/mol. The molecular formula is C18H17BrN4O3S2. The van der Waals surface area contributed by atoms with Gasteiger partial charge < -0.3 is 5.32 Å². The number of benzene rings is 2. The quantitative estimate of drug-likeness (QED) is 0.616. The highest BCUT2D eigenvalue weighted by Crippen LogP contribution is 2.28. The molecular weight excluding hydrogens is 464 g/mol. The number of halogens is 1. The Morgan fingerprint density at radius 2 is 1.96 bits per heavy atom. The molecule has 0 radical (unpaired) electrons. The molecule has 0 aliphatic carbocycles. The fraction of sp³-hybridized carbons (Fsp3) is 0.278. The lowest BCUT2D eigenvalue weighted by Gasteiger charge is -2.31. The Hall–Kier alpha value is -1.88. The van der Waals surface area contributed by atoms with Crippen LogP contribution in [0.4, 0.5) is 5.69 Å². The number of nitrogens with zero attached hydrogens (tertiary/aromatic N) is 3. The second kappa shape index (κ2) is 7.86. The van der Waals surface area contributed by atoms with Crippen molar-refractivity contribution in [3.63, 3.8) is 0 Å². The lowest BCUT2D eigenvalue weighted by Crippen LogP contribution is -2.43. The van der Waals surface area contributed by atoms with Gasteiger partial charge in [-0.2, -0.15) is 13.1 Å². The van der Waals surface area contributed by atoms with Gasteiger partial charge >= 0.3 is 0 Å². The van der Waals surface area contributed by atoms with Gasteiger partial charge in [-0.15, -0.1) is 0 Å². The Labute approximate surface area is 175 Å². The van der Waals surface area contributed by atoms with Crippen LogP contribution in [0.3, 0.4) is 0 Å². The summed E-state index contributed by atoms with van der Waals surface area (Å²) in [5.74, 6) is -0.573. The van der Waals surface area contributed by atoms with Crippen LogP contribution < -0.4 is 5.32 Å². The first-order valence-corrected chi connectivity index (χ1v) is 11.7. The Morgan fingerprint density at radius 1 is 1.18 bits per heavy atom. The summed E-state index contributed by atoms with van der Waals surface area (Å²) in [6.07, 6.45) is 1.28. The number of amides is 1. The second-order valence-electron chi connectivity index (χ2n) is 6.59. The summed E-state index contributed by atoms with van der Waals surface area (Å²) in [7, 11) is -3.75. The van der Waals surface area contributed by atoms with Crippen molar-refractivity contribution in [3.05, 3.63) is 46.9 Å². The predicted octanol–water partition coefficient (Wildman–Crippen LogP) is 3.49. The van der Waals surface area contributed by atoms with E-state index in [1.807, 2.05) is 12.1 Å². The number of hydrogen-bond donors (Lipinski definition) is 1. The van der Waals surface area contributed by atoms with E-state index in [2.05, 4.69) is 30.0 Å². The van der Waals surface area contributed by atoms with Gasteiger partial charge in [0.1, 0.15) is 15.9 Å². The minimum Gasteiger partial charge on any atom is -0.326 e. The molecule has 28 heavy (non-hydrogen) atoms. The zero-order chi connectivity index (χ0) is 19.7. The summed E-state index contributed by atoms with van der Waals surface area (Å²) in [6.45, 7) is 0.539. The molecule has 3 aromatic rings. The van der Waals surface area contributed by atoms with E-state index < -0.39 is 15.9 Å². The number of rotatable bonds is 4. The smallest absolute Gasteiger partial charge is 0.245 e. The molecule has 0 unspecified atom stereocenters. The maximum atomic E-state index is 13.2. The topological polar surface area (TPSA) is 92.3 Å². The molecule has 1 N–H and O–H groups in total. The number of piperidine rings is 1. The molecule has 7 nitrogen and oxygen atoms in total. The van der Waals surface area contributed by atoms with Gasteiger partial charge in [0.2, 0.25) is 15.9 Å². The summed E-state index contributed by atoms with van der Waals surface area (Å²) in [4.78, 5) is 12.8. The minimum atomic E-state index is -3.75. The first kappa shape index (κ1) is 19.4. The molecule has 1 aliphatic heterocycles. The number of anilines is 1. The van der Waals surface area contributed by atoms with Crippen molar-refractivity contribution in [2.75, 3.05) is 18.4 Å². The highest BCUT2D eigenvalue weighted by Gasteiger charge is 2.34. The lowest BCUT2D eigenvalue weighted by atomic mass is 9.99. The summed E-state index contributed by atoms with van der Waals surface area (Å²) in [6, 6.07) is 12.2. The van der Waals surface area contributed by atoms with E-state index in [0.717, 1.165) is 16.2 Å². The molecule has 1 atom stereocenters. The number of aromatic nitrogens is 2. The average molecular weight is 481 g/mol. The summed E-state index contributed by atoms with van der Waals surface area (Å²) >= 11 is 4.35. The van der Waals surface area contributed by atoms with Gasteiger partial charge in [0, 0.05) is 23.2 Å². The summed E-state index contributed by atoms with van der Waals surface area (Å²) < 4.78 is 36.9. The molecule has 2 aromatic carbocycles. The van der Waals surface area contributed by atoms with Crippen molar-refractivity contribution in [1.29, 1.82) is 0 Å². The normalized spacial score (nSPS) is 18.2. The molecule has 0 saturated carbocycles. The zero-order valence-corrected chi connectivity index (χ0v) is 17.9. The number of carbonyl (C=O) groups excluding carboxylic acids is 1. The third-order valence-electron chi connectivity index (χ3n) is 4.73. The Morgan fingerprint density at radius 3 is 2.75 bits per heavy atom. The van der Waals surface area contributed by atoms with E-state index in [0.29, 0.717) is 36.1 Å². The van der Waals surface area contributed by atoms with Crippen LogP contribution in [0.2, 0.25) is 0 Å². The van der Waals surface area contributed by atoms with Gasteiger partial charge in [-0.05, 0) is 49.2 Å². The van der Waals surface area contributed by atoms with E-state index in [9.17, 15) is 13.2 Å². The first-order valence-electron chi connectivity index (χ1n) is 8.73. The standard InChI is InChI=1S/C18H17BrN4O3S2/c19-13-6-8-14(9-7-13)20-18(24)12-3-2-10-23(11-12)28(25,26)16-5-1-4-15-17(16)22-27-21-15/h1,4-9,12H,2-3,10-11H2,(H,20,24)/t12-/m0/s1. The largest absolute Gasteiger partial charge is 0.326 e. The van der Waals surface area contributed by atoms with E-state index in [4.69, 9.17) is 0 Å². The van der Waals surface area contributed by atoms with Crippen molar-refractivity contribution >= 4 is 60.3 Å². The van der Waals surface area contributed by atoms with Crippen LogP contribution in [0.1, 0.15) is 12.8 Å². The van der Waals surface area contributed by atoms with Crippen LogP contribution in [0.25, 0.3) is 11.0 Å². The van der Waals surface area contributed by atoms with E-state index in [1.54, 1.807) is 30.3 Å². The number of sulfonamides is 1. The molecule has 1 aliphatic rings. The summed E-state index contributed by atoms with van der Waals surface area (Å²) in [5, 5.41) is 2.87. The molecule has 2 heterocycles. The van der Waals surface area contributed by atoms with Crippen LogP contribution in [0.5, 0.6) is 0 Å². The van der Waals surface area contributed by atoms with Crippen LogP contribution in [0, 0.1) is 5.92 Å². The number of fused-ring (bicyclic) bond motifs is 1. The van der Waals surface area contributed by atoms with E-state index in [1.165, 1.54) is 4.31 Å². The van der Waals surface area contributed by atoms with Crippen molar-refractivity contribution in [2.24, 2.45) is 5.92 Å². The Kier molecular flexibility index (Phi) is 5.46. The third-order valence-corrected chi connectivity index (χ3v) is 7.70. The first-order chi connectivity index (χ1) is 13.4. The third kappa shape index (κ3) is 3.82. The number of carbonyl (C=O) groups is 1. The fourth-order valence-electron chi connectivity index (χ4n) is 3.28. The number of nitrogens with one attached hydrogen (secondary N) is 1. The molecule has 1 amide bonds. The van der Waals surface area contributed by atoms with Crippen LogP contribution in [-0.4, -0.2) is 40.5 Å². The Bertz CT molecular complexity index is 1120. The van der Waals surface area contributed by atoms with Gasteiger partial charge in [0.25, 0.3) is 0 Å². The van der Waals surface area contributed by atoms with Gasteiger partial charge in [0.05, 0.1) is 17.6 Å². The molecule has 1 fully saturated rings. The maximum absolute atomic E-state index is 13.2. The average Bonchev–Trinajstić information content (AvgIpc) is 3.18. The van der Waals surface area contributed by atoms with Crippen LogP contribution >= 0.6 is 27.7 Å². The monoisotopic (exact) mass is 480 g/mol. The van der Waals surface area contributed by atoms with Gasteiger partial charge in [0.15, 0.2) is 0 Å². The molecule has 1 aromatic heterocycles. The Balaban J connectivity index is 1.53. The van der Waals surface area contributed by atoms with Gasteiger partial charge in [-0.25, -0.2) is 8.42 Å². The van der Waals surface area contributed by atoms with E-state index in [-0.39, 0.29) is 17.3 Å². The molecule has 10 heteroatoms. The highest BCUT2D eigenvalue weighted by molar-refractivity contribution is 9.10.